The van der Waals surface area contributed by atoms with E-state index in [1.54, 1.807) is 50.6 Å². The number of rotatable bonds is 3. The third-order valence-electron chi connectivity index (χ3n) is 3.55. The number of furan rings is 1. The summed E-state index contributed by atoms with van der Waals surface area (Å²) < 4.78 is 5.56. The number of anilines is 1. The number of carbonyl (C=O) groups excluding carboxylic acids is 2. The maximum Gasteiger partial charge on any atom is 0.289 e. The van der Waals surface area contributed by atoms with Gasteiger partial charge >= 0.3 is 0 Å². The normalized spacial score (nSPS) is 10.6. The Morgan fingerprint density at radius 3 is 2.58 bits per heavy atom. The summed E-state index contributed by atoms with van der Waals surface area (Å²) in [7, 11) is 3.31. The molecule has 0 aliphatic heterocycles. The zero-order valence-electron chi connectivity index (χ0n) is 13.7. The molecule has 2 aromatic heterocycles. The second kappa shape index (κ2) is 6.16. The highest BCUT2D eigenvalue weighted by Crippen LogP contribution is 2.22. The second-order valence-electron chi connectivity index (χ2n) is 5.74. The van der Waals surface area contributed by atoms with Gasteiger partial charge < -0.3 is 14.6 Å². The molecule has 0 bridgehead atoms. The average Bonchev–Trinajstić information content (AvgIpc) is 2.99. The van der Waals surface area contributed by atoms with Gasteiger partial charge in [-0.05, 0) is 36.8 Å². The fourth-order valence-electron chi connectivity index (χ4n) is 2.23. The number of benzene rings is 1. The summed E-state index contributed by atoms with van der Waals surface area (Å²) in [6.45, 7) is 1.93. The number of aromatic nitrogens is 1. The van der Waals surface area contributed by atoms with Gasteiger partial charge in [-0.1, -0.05) is 12.1 Å². The number of nitrogens with one attached hydrogen (secondary N) is 1. The van der Waals surface area contributed by atoms with Gasteiger partial charge in [-0.2, -0.15) is 0 Å². The van der Waals surface area contributed by atoms with Crippen molar-refractivity contribution in [2.45, 2.75) is 6.92 Å². The van der Waals surface area contributed by atoms with Crippen LogP contribution in [0.15, 0.2) is 47.0 Å². The molecule has 2 heterocycles. The first-order chi connectivity index (χ1) is 11.4. The van der Waals surface area contributed by atoms with Gasteiger partial charge in [0.05, 0.1) is 0 Å². The Labute approximate surface area is 139 Å². The zero-order valence-corrected chi connectivity index (χ0v) is 13.7. The summed E-state index contributed by atoms with van der Waals surface area (Å²) in [5.74, 6) is 0.215. The van der Waals surface area contributed by atoms with Crippen molar-refractivity contribution in [1.82, 2.24) is 9.88 Å². The monoisotopic (exact) mass is 323 g/mol. The van der Waals surface area contributed by atoms with Crippen molar-refractivity contribution in [3.05, 3.63) is 59.5 Å². The minimum atomic E-state index is -0.287. The summed E-state index contributed by atoms with van der Waals surface area (Å²) in [5, 5.41) is 3.50. The molecule has 1 N–H and O–H groups in total. The molecule has 0 fully saturated rings. The van der Waals surface area contributed by atoms with Crippen LogP contribution in [-0.4, -0.2) is 35.8 Å². The number of carbonyl (C=O) groups is 2. The van der Waals surface area contributed by atoms with Crippen molar-refractivity contribution in [1.29, 1.82) is 0 Å². The lowest BCUT2D eigenvalue weighted by Gasteiger charge is -2.06. The van der Waals surface area contributed by atoms with E-state index in [-0.39, 0.29) is 17.6 Å². The Morgan fingerprint density at radius 1 is 1.12 bits per heavy atom. The highest BCUT2D eigenvalue weighted by Gasteiger charge is 2.15. The van der Waals surface area contributed by atoms with E-state index in [4.69, 9.17) is 4.42 Å². The summed E-state index contributed by atoms with van der Waals surface area (Å²) in [4.78, 5) is 29.9. The number of aryl methyl sites for hydroxylation is 1. The molecule has 0 saturated heterocycles. The van der Waals surface area contributed by atoms with Crippen LogP contribution in [0.25, 0.3) is 11.0 Å². The van der Waals surface area contributed by atoms with Crippen LogP contribution in [0.2, 0.25) is 0 Å². The molecule has 0 radical (unpaired) electrons. The van der Waals surface area contributed by atoms with E-state index < -0.39 is 0 Å². The summed E-state index contributed by atoms with van der Waals surface area (Å²) in [6.07, 6.45) is 1.68. The minimum Gasteiger partial charge on any atom is -0.451 e. The van der Waals surface area contributed by atoms with Gasteiger partial charge in [0, 0.05) is 31.2 Å². The van der Waals surface area contributed by atoms with Crippen molar-refractivity contribution in [3.63, 3.8) is 0 Å². The molecule has 3 rings (SSSR count). The van der Waals surface area contributed by atoms with Gasteiger partial charge in [0.25, 0.3) is 11.8 Å². The molecule has 24 heavy (non-hydrogen) atoms. The lowest BCUT2D eigenvalue weighted by Crippen LogP contribution is -2.20. The quantitative estimate of drug-likeness (QED) is 0.803. The number of hydrogen-bond acceptors (Lipinski definition) is 4. The van der Waals surface area contributed by atoms with E-state index in [9.17, 15) is 9.59 Å². The van der Waals surface area contributed by atoms with Crippen LogP contribution in [0.4, 0.5) is 5.82 Å². The van der Waals surface area contributed by atoms with E-state index in [1.165, 1.54) is 4.90 Å². The largest absolute Gasteiger partial charge is 0.451 e. The Balaban J connectivity index is 1.85. The van der Waals surface area contributed by atoms with Gasteiger partial charge in [-0.3, -0.25) is 9.59 Å². The van der Waals surface area contributed by atoms with Gasteiger partial charge in [0.1, 0.15) is 11.4 Å². The smallest absolute Gasteiger partial charge is 0.289 e. The number of fused-ring (bicyclic) bond motifs is 1. The Kier molecular flexibility index (Phi) is 4.04. The van der Waals surface area contributed by atoms with E-state index in [0.717, 1.165) is 10.9 Å². The summed E-state index contributed by atoms with van der Waals surface area (Å²) in [6, 6.07) is 10.3. The van der Waals surface area contributed by atoms with E-state index in [2.05, 4.69) is 10.3 Å². The predicted octanol–water partition coefficient (Wildman–Crippen LogP) is 3.09. The molecule has 2 amide bonds. The third-order valence-corrected chi connectivity index (χ3v) is 3.55. The van der Waals surface area contributed by atoms with Crippen molar-refractivity contribution >= 4 is 28.6 Å². The number of nitrogens with zero attached hydrogens (tertiary/aromatic N) is 2. The SMILES string of the molecule is Cc1ccc(NC(=O)c2ccc3cc(C(=O)N(C)C)oc3c2)nc1. The van der Waals surface area contributed by atoms with Crippen LogP contribution in [0.5, 0.6) is 0 Å². The highest BCUT2D eigenvalue weighted by molar-refractivity contribution is 6.06. The standard InChI is InChI=1S/C18H17N3O3/c1-11-4-7-16(19-10-11)20-17(22)13-6-5-12-8-15(18(23)21(2)3)24-14(12)9-13/h4-10H,1-3H3,(H,19,20,22). The molecule has 0 spiro atoms. The van der Waals surface area contributed by atoms with E-state index in [0.29, 0.717) is 17.0 Å². The molecule has 122 valence electrons. The molecule has 6 heteroatoms. The molecule has 0 aliphatic rings. The maximum absolute atomic E-state index is 12.3. The average molecular weight is 323 g/mol. The molecule has 0 unspecified atom stereocenters. The van der Waals surface area contributed by atoms with Crippen molar-refractivity contribution in [3.8, 4) is 0 Å². The van der Waals surface area contributed by atoms with E-state index in [1.807, 2.05) is 13.0 Å². The predicted molar refractivity (Wildman–Crippen MR) is 91.2 cm³/mol. The Bertz CT molecular complexity index is 911. The van der Waals surface area contributed by atoms with Gasteiger partial charge in [-0.15, -0.1) is 0 Å². The molecular weight excluding hydrogens is 306 g/mol. The first-order valence-corrected chi connectivity index (χ1v) is 7.43. The molecule has 0 saturated carbocycles. The maximum atomic E-state index is 12.3. The van der Waals surface area contributed by atoms with Crippen LogP contribution in [-0.2, 0) is 0 Å². The number of pyridine rings is 1. The second-order valence-corrected chi connectivity index (χ2v) is 5.74. The third kappa shape index (κ3) is 3.12. The first-order valence-electron chi connectivity index (χ1n) is 7.43. The van der Waals surface area contributed by atoms with Crippen molar-refractivity contribution < 1.29 is 14.0 Å². The van der Waals surface area contributed by atoms with E-state index >= 15 is 0 Å². The molecule has 6 nitrogen and oxygen atoms in total. The van der Waals surface area contributed by atoms with Crippen LogP contribution >= 0.6 is 0 Å². The fraction of sp³-hybridized carbons (Fsp3) is 0.167. The molecule has 0 atom stereocenters. The van der Waals surface area contributed by atoms with Crippen LogP contribution < -0.4 is 5.32 Å². The van der Waals surface area contributed by atoms with Gasteiger partial charge in [0.15, 0.2) is 5.76 Å². The Morgan fingerprint density at radius 2 is 1.92 bits per heavy atom. The molecule has 0 aliphatic carbocycles. The Hall–Kier alpha value is -3.15. The lowest BCUT2D eigenvalue weighted by molar-refractivity contribution is 0.0799. The molecule has 3 aromatic rings. The van der Waals surface area contributed by atoms with Crippen LogP contribution in [0.1, 0.15) is 26.5 Å². The fourth-order valence-corrected chi connectivity index (χ4v) is 2.23. The zero-order chi connectivity index (χ0) is 17.3. The molecule has 1 aromatic carbocycles. The first kappa shape index (κ1) is 15.7. The van der Waals surface area contributed by atoms with Gasteiger partial charge in [0.2, 0.25) is 0 Å². The topological polar surface area (TPSA) is 75.4 Å². The highest BCUT2D eigenvalue weighted by atomic mass is 16.3. The van der Waals surface area contributed by atoms with Crippen LogP contribution in [0.3, 0.4) is 0 Å². The number of amides is 2. The summed E-state index contributed by atoms with van der Waals surface area (Å²) >= 11 is 0. The molecular formula is C18H17N3O3. The number of hydrogen-bond donors (Lipinski definition) is 1. The summed E-state index contributed by atoms with van der Waals surface area (Å²) in [5.41, 5.74) is 1.94. The minimum absolute atomic E-state index is 0.221. The lowest BCUT2D eigenvalue weighted by atomic mass is 10.1. The van der Waals surface area contributed by atoms with Crippen molar-refractivity contribution in [2.75, 3.05) is 19.4 Å². The van der Waals surface area contributed by atoms with Gasteiger partial charge in [-0.25, -0.2) is 4.98 Å². The van der Waals surface area contributed by atoms with Crippen LogP contribution in [0, 0.1) is 6.92 Å². The van der Waals surface area contributed by atoms with Crippen molar-refractivity contribution in [2.24, 2.45) is 0 Å².